The zero-order chi connectivity index (χ0) is 11.8. The van der Waals surface area contributed by atoms with Gasteiger partial charge < -0.3 is 10.6 Å². The lowest BCUT2D eigenvalue weighted by molar-refractivity contribution is 0.312. The van der Waals surface area contributed by atoms with Crippen LogP contribution in [0.3, 0.4) is 0 Å². The molecule has 0 aliphatic rings. The van der Waals surface area contributed by atoms with Crippen LogP contribution in [0.25, 0.3) is 0 Å². The summed E-state index contributed by atoms with van der Waals surface area (Å²) in [5.74, 6) is 0. The molecule has 1 aromatic heterocycles. The molecular formula is C13H23N3. The van der Waals surface area contributed by atoms with Gasteiger partial charge in [0.15, 0.2) is 0 Å². The van der Waals surface area contributed by atoms with Crippen LogP contribution >= 0.6 is 0 Å². The smallest absolute Gasteiger partial charge is 0.0543 e. The van der Waals surface area contributed by atoms with Gasteiger partial charge in [-0.15, -0.1) is 0 Å². The Balaban J connectivity index is 2.14. The van der Waals surface area contributed by atoms with Crippen LogP contribution < -0.4 is 5.73 Å². The number of unbranched alkanes of at least 4 members (excludes halogenated alkanes) is 1. The maximum Gasteiger partial charge on any atom is 0.0543 e. The van der Waals surface area contributed by atoms with Crippen LogP contribution in [0.5, 0.6) is 0 Å². The van der Waals surface area contributed by atoms with Gasteiger partial charge in [0.1, 0.15) is 0 Å². The van der Waals surface area contributed by atoms with Gasteiger partial charge in [-0.1, -0.05) is 12.5 Å². The van der Waals surface area contributed by atoms with Gasteiger partial charge in [-0.05, 0) is 45.5 Å². The Bertz CT molecular complexity index is 272. The van der Waals surface area contributed by atoms with Gasteiger partial charge in [0.05, 0.1) is 5.69 Å². The van der Waals surface area contributed by atoms with Crippen LogP contribution in [0.4, 0.5) is 0 Å². The van der Waals surface area contributed by atoms with E-state index in [-0.39, 0.29) is 0 Å². The summed E-state index contributed by atoms with van der Waals surface area (Å²) in [5, 5.41) is 0. The van der Waals surface area contributed by atoms with Crippen molar-refractivity contribution in [3.05, 3.63) is 30.1 Å². The Hall–Kier alpha value is -0.930. The molecule has 0 bridgehead atoms. The van der Waals surface area contributed by atoms with E-state index in [1.165, 1.54) is 12.8 Å². The van der Waals surface area contributed by atoms with E-state index in [4.69, 9.17) is 5.73 Å². The van der Waals surface area contributed by atoms with Gasteiger partial charge in [0.2, 0.25) is 0 Å². The minimum absolute atomic E-state index is 0.334. The molecule has 1 atom stereocenters. The highest BCUT2D eigenvalue weighted by Crippen LogP contribution is 2.03. The molecule has 0 saturated carbocycles. The minimum Gasteiger partial charge on any atom is -0.328 e. The second kappa shape index (κ2) is 7.36. The summed E-state index contributed by atoms with van der Waals surface area (Å²) in [6.45, 7) is 4.11. The van der Waals surface area contributed by atoms with E-state index in [0.717, 1.165) is 25.2 Å². The van der Waals surface area contributed by atoms with E-state index in [1.54, 1.807) is 0 Å². The molecule has 90 valence electrons. The second-order valence-electron chi connectivity index (χ2n) is 4.53. The molecular weight excluding hydrogens is 198 g/mol. The zero-order valence-electron chi connectivity index (χ0n) is 10.4. The number of rotatable bonds is 7. The van der Waals surface area contributed by atoms with E-state index >= 15 is 0 Å². The van der Waals surface area contributed by atoms with Crippen LogP contribution in [-0.4, -0.2) is 29.5 Å². The topological polar surface area (TPSA) is 42.1 Å². The lowest BCUT2D eigenvalue weighted by Gasteiger charge is -2.16. The van der Waals surface area contributed by atoms with Crippen molar-refractivity contribution in [1.29, 1.82) is 0 Å². The average Bonchev–Trinajstić information content (AvgIpc) is 2.25. The lowest BCUT2D eigenvalue weighted by atomic mass is 10.1. The highest BCUT2D eigenvalue weighted by atomic mass is 15.1. The summed E-state index contributed by atoms with van der Waals surface area (Å²) >= 11 is 0. The molecule has 2 N–H and O–H groups in total. The number of aromatic nitrogens is 1. The first-order valence-corrected chi connectivity index (χ1v) is 6.02. The maximum atomic E-state index is 5.71. The van der Waals surface area contributed by atoms with E-state index < -0.39 is 0 Å². The van der Waals surface area contributed by atoms with Crippen LogP contribution in [0.2, 0.25) is 0 Å². The zero-order valence-corrected chi connectivity index (χ0v) is 10.4. The molecule has 1 aromatic rings. The quantitative estimate of drug-likeness (QED) is 0.716. The van der Waals surface area contributed by atoms with Crippen LogP contribution in [0.1, 0.15) is 31.9 Å². The fourth-order valence-electron chi connectivity index (χ4n) is 1.70. The second-order valence-corrected chi connectivity index (χ2v) is 4.53. The molecule has 0 amide bonds. The van der Waals surface area contributed by atoms with Gasteiger partial charge in [-0.2, -0.15) is 0 Å². The maximum absolute atomic E-state index is 5.71. The summed E-state index contributed by atoms with van der Waals surface area (Å²) < 4.78 is 0. The van der Waals surface area contributed by atoms with Crippen molar-refractivity contribution < 1.29 is 0 Å². The van der Waals surface area contributed by atoms with Crippen molar-refractivity contribution in [2.24, 2.45) is 5.73 Å². The van der Waals surface area contributed by atoms with Crippen molar-refractivity contribution in [2.75, 3.05) is 13.6 Å². The largest absolute Gasteiger partial charge is 0.328 e. The predicted molar refractivity (Wildman–Crippen MR) is 68.1 cm³/mol. The van der Waals surface area contributed by atoms with E-state index in [9.17, 15) is 0 Å². The summed E-state index contributed by atoms with van der Waals surface area (Å²) in [7, 11) is 2.14. The Morgan fingerprint density at radius 3 is 2.81 bits per heavy atom. The van der Waals surface area contributed by atoms with Crippen molar-refractivity contribution in [1.82, 2.24) is 9.88 Å². The number of nitrogens with two attached hydrogens (primary N) is 1. The van der Waals surface area contributed by atoms with E-state index in [1.807, 2.05) is 18.3 Å². The van der Waals surface area contributed by atoms with Crippen LogP contribution in [0, 0.1) is 0 Å². The third-order valence-electron chi connectivity index (χ3n) is 2.61. The van der Waals surface area contributed by atoms with Crippen molar-refractivity contribution >= 4 is 0 Å². The van der Waals surface area contributed by atoms with Gasteiger partial charge in [0, 0.05) is 18.8 Å². The van der Waals surface area contributed by atoms with Gasteiger partial charge in [0.25, 0.3) is 0 Å². The Labute approximate surface area is 98.7 Å². The molecule has 0 spiro atoms. The average molecular weight is 221 g/mol. The molecule has 3 heteroatoms. The molecule has 3 nitrogen and oxygen atoms in total. The van der Waals surface area contributed by atoms with E-state index in [2.05, 4.69) is 29.9 Å². The number of pyridine rings is 1. The summed E-state index contributed by atoms with van der Waals surface area (Å²) in [5.41, 5.74) is 6.85. The summed E-state index contributed by atoms with van der Waals surface area (Å²) in [6.07, 6.45) is 5.39. The Morgan fingerprint density at radius 2 is 2.19 bits per heavy atom. The highest BCUT2D eigenvalue weighted by molar-refractivity contribution is 5.02. The van der Waals surface area contributed by atoms with Crippen LogP contribution in [-0.2, 0) is 6.54 Å². The van der Waals surface area contributed by atoms with Gasteiger partial charge in [-0.25, -0.2) is 0 Å². The summed E-state index contributed by atoms with van der Waals surface area (Å²) in [4.78, 5) is 6.62. The molecule has 0 radical (unpaired) electrons. The standard InChI is InChI=1S/C13H23N3/c1-12(14)7-4-6-10-16(2)11-13-8-3-5-9-15-13/h3,5,8-9,12H,4,6-7,10-11,14H2,1-2H3. The molecule has 1 heterocycles. The Kier molecular flexibility index (Phi) is 6.04. The molecule has 0 aromatic carbocycles. The molecule has 0 saturated heterocycles. The number of hydrogen-bond donors (Lipinski definition) is 1. The first-order valence-electron chi connectivity index (χ1n) is 6.02. The fraction of sp³-hybridized carbons (Fsp3) is 0.615. The molecule has 0 aliphatic heterocycles. The van der Waals surface area contributed by atoms with Crippen molar-refractivity contribution in [3.63, 3.8) is 0 Å². The third-order valence-corrected chi connectivity index (χ3v) is 2.61. The molecule has 16 heavy (non-hydrogen) atoms. The first kappa shape index (κ1) is 13.1. The number of nitrogens with zero attached hydrogens (tertiary/aromatic N) is 2. The molecule has 0 aliphatic carbocycles. The Morgan fingerprint density at radius 1 is 1.38 bits per heavy atom. The third kappa shape index (κ3) is 5.83. The van der Waals surface area contributed by atoms with Gasteiger partial charge >= 0.3 is 0 Å². The fourth-order valence-corrected chi connectivity index (χ4v) is 1.70. The predicted octanol–water partition coefficient (Wildman–Crippen LogP) is 2.03. The normalized spacial score (nSPS) is 13.0. The lowest BCUT2D eigenvalue weighted by Crippen LogP contribution is -2.20. The van der Waals surface area contributed by atoms with Gasteiger partial charge in [-0.3, -0.25) is 4.98 Å². The highest BCUT2D eigenvalue weighted by Gasteiger charge is 2.01. The van der Waals surface area contributed by atoms with E-state index in [0.29, 0.717) is 6.04 Å². The molecule has 0 fully saturated rings. The molecule has 1 rings (SSSR count). The first-order chi connectivity index (χ1) is 7.68. The number of hydrogen-bond acceptors (Lipinski definition) is 3. The SMILES string of the molecule is CC(N)CCCCN(C)Cc1ccccn1. The van der Waals surface area contributed by atoms with Crippen molar-refractivity contribution in [2.45, 2.75) is 38.8 Å². The monoisotopic (exact) mass is 221 g/mol. The summed E-state index contributed by atoms with van der Waals surface area (Å²) in [6, 6.07) is 6.39. The van der Waals surface area contributed by atoms with Crippen molar-refractivity contribution in [3.8, 4) is 0 Å². The van der Waals surface area contributed by atoms with Crippen LogP contribution in [0.15, 0.2) is 24.4 Å². The minimum atomic E-state index is 0.334. The molecule has 1 unspecified atom stereocenters.